The van der Waals surface area contributed by atoms with Gasteiger partial charge >= 0.3 is 6.09 Å². The van der Waals surface area contributed by atoms with E-state index >= 15 is 0 Å². The summed E-state index contributed by atoms with van der Waals surface area (Å²) in [6.07, 6.45) is 3.38. The number of carbonyl (C=O) groups is 4. The van der Waals surface area contributed by atoms with E-state index in [2.05, 4.69) is 26.0 Å². The van der Waals surface area contributed by atoms with E-state index in [1.54, 1.807) is 6.20 Å². The number of aromatic amines is 1. The smallest absolute Gasteiger partial charge is 0.408 e. The van der Waals surface area contributed by atoms with Crippen molar-refractivity contribution in [3.8, 4) is 0 Å². The van der Waals surface area contributed by atoms with Gasteiger partial charge in [-0.1, -0.05) is 94.8 Å². The minimum Gasteiger partial charge on any atom is -0.445 e. The Kier molecular flexibility index (Phi) is 15.6. The van der Waals surface area contributed by atoms with Crippen molar-refractivity contribution < 1.29 is 29.0 Å². The number of hydrogen-bond acceptors (Lipinski definition) is 7. The fourth-order valence-electron chi connectivity index (χ4n) is 4.91. The molecule has 0 saturated heterocycles. The highest BCUT2D eigenvalue weighted by atomic mass is 16.5. The summed E-state index contributed by atoms with van der Waals surface area (Å²) in [5.74, 6) is -1.25. The van der Waals surface area contributed by atoms with Crippen LogP contribution in [0.15, 0.2) is 73.2 Å². The van der Waals surface area contributed by atoms with Crippen LogP contribution < -0.4 is 16.1 Å². The number of aliphatic hydroxyl groups is 1. The first kappa shape index (κ1) is 37.7. The second-order valence-corrected chi connectivity index (χ2v) is 12.6. The van der Waals surface area contributed by atoms with Crippen LogP contribution in [0.2, 0.25) is 0 Å². The molecule has 4 atom stereocenters. The number of hydrogen-bond donors (Lipinski definition) is 5. The lowest BCUT2D eigenvalue weighted by Crippen LogP contribution is -2.59. The van der Waals surface area contributed by atoms with Gasteiger partial charge in [-0.3, -0.25) is 24.8 Å². The summed E-state index contributed by atoms with van der Waals surface area (Å²) in [7, 11) is 0. The maximum atomic E-state index is 14.1. The molecule has 0 fully saturated rings. The van der Waals surface area contributed by atoms with Crippen molar-refractivity contribution in [2.75, 3.05) is 6.54 Å². The fraction of sp³-hybridized carbons (Fsp3) is 0.472. The molecule has 2 aromatic carbocycles. The standard InChI is InChI=1S/C36H50N6O6/c1-5-26(4)22-42(41-33(44)20-30(43)17-16-25(2)3)35(46)32(19-29-21-37-24-38-29)39-34(45)31(18-27-12-8-6-9-13-27)40-36(47)48-23-28-14-10-7-11-15-28/h6-15,21,24-26,30-32,43H,5,16-20,22-23H2,1-4H3,(H,37,38)(H,39,45)(H,40,47)(H,41,44)/t26?,30-,31-,32-/m0/s1. The molecule has 12 heteroatoms. The normalized spacial score (nSPS) is 13.5. The van der Waals surface area contributed by atoms with Gasteiger partial charge in [-0.25, -0.2) is 9.78 Å². The molecule has 260 valence electrons. The summed E-state index contributed by atoms with van der Waals surface area (Å²) in [4.78, 5) is 60.9. The number of hydrazine groups is 1. The highest BCUT2D eigenvalue weighted by molar-refractivity contribution is 5.92. The van der Waals surface area contributed by atoms with Crippen LogP contribution in [0, 0.1) is 11.8 Å². The SMILES string of the molecule is CCC(C)CN(NC(=O)C[C@@H](O)CCC(C)C)C(=O)[C@H](Cc1cnc[nH]1)NC(=O)[C@H](Cc1ccccc1)NC(=O)OCc1ccccc1. The molecule has 3 rings (SSSR count). The molecular weight excluding hydrogens is 612 g/mol. The monoisotopic (exact) mass is 662 g/mol. The zero-order valence-electron chi connectivity index (χ0n) is 28.4. The Bertz CT molecular complexity index is 1400. The topological polar surface area (TPSA) is 166 Å². The van der Waals surface area contributed by atoms with Crippen molar-refractivity contribution in [3.05, 3.63) is 90.0 Å². The average Bonchev–Trinajstić information content (AvgIpc) is 3.59. The molecule has 1 unspecified atom stereocenters. The molecule has 12 nitrogen and oxygen atoms in total. The Morgan fingerprint density at radius 2 is 1.56 bits per heavy atom. The van der Waals surface area contributed by atoms with E-state index in [9.17, 15) is 24.3 Å². The van der Waals surface area contributed by atoms with E-state index in [1.165, 1.54) is 11.3 Å². The number of nitrogens with one attached hydrogen (secondary N) is 4. The largest absolute Gasteiger partial charge is 0.445 e. The lowest BCUT2D eigenvalue weighted by atomic mass is 10.0. The number of rotatable bonds is 18. The third-order valence-electron chi connectivity index (χ3n) is 7.91. The number of alkyl carbamates (subject to hydrolysis) is 1. The first-order valence-corrected chi connectivity index (χ1v) is 16.6. The summed E-state index contributed by atoms with van der Waals surface area (Å²) < 4.78 is 5.40. The van der Waals surface area contributed by atoms with E-state index in [1.807, 2.05) is 88.4 Å². The van der Waals surface area contributed by atoms with Crippen LogP contribution in [0.25, 0.3) is 0 Å². The van der Waals surface area contributed by atoms with Crippen LogP contribution in [0.5, 0.6) is 0 Å². The first-order chi connectivity index (χ1) is 23.0. The number of H-pyrrole nitrogens is 1. The molecule has 0 aliphatic heterocycles. The van der Waals surface area contributed by atoms with Gasteiger partial charge in [0, 0.05) is 31.3 Å². The summed E-state index contributed by atoms with van der Waals surface area (Å²) in [5.41, 5.74) is 4.85. The van der Waals surface area contributed by atoms with Crippen molar-refractivity contribution in [1.29, 1.82) is 0 Å². The molecule has 0 spiro atoms. The molecule has 1 aromatic heterocycles. The van der Waals surface area contributed by atoms with Crippen LogP contribution in [-0.2, 0) is 38.6 Å². The van der Waals surface area contributed by atoms with Crippen molar-refractivity contribution in [3.63, 3.8) is 0 Å². The van der Waals surface area contributed by atoms with Crippen LogP contribution in [-0.4, -0.2) is 68.6 Å². The number of aliphatic hydroxyl groups excluding tert-OH is 1. The van der Waals surface area contributed by atoms with Gasteiger partial charge in [-0.2, -0.15) is 0 Å². The summed E-state index contributed by atoms with van der Waals surface area (Å²) in [6.45, 7) is 8.22. The molecule has 0 radical (unpaired) electrons. The second-order valence-electron chi connectivity index (χ2n) is 12.6. The number of carbonyl (C=O) groups excluding carboxylic acids is 4. The molecule has 3 aromatic rings. The molecule has 4 amide bonds. The third kappa shape index (κ3) is 13.6. The molecule has 5 N–H and O–H groups in total. The van der Waals surface area contributed by atoms with Gasteiger partial charge in [0.25, 0.3) is 5.91 Å². The lowest BCUT2D eigenvalue weighted by Gasteiger charge is -2.31. The van der Waals surface area contributed by atoms with Gasteiger partial charge < -0.3 is 25.5 Å². The van der Waals surface area contributed by atoms with E-state index in [4.69, 9.17) is 4.74 Å². The van der Waals surface area contributed by atoms with Gasteiger partial charge in [0.15, 0.2) is 0 Å². The number of benzene rings is 2. The van der Waals surface area contributed by atoms with Gasteiger partial charge in [0.1, 0.15) is 18.7 Å². The maximum Gasteiger partial charge on any atom is 0.408 e. The van der Waals surface area contributed by atoms with Gasteiger partial charge in [0.2, 0.25) is 11.8 Å². The predicted octanol–water partition coefficient (Wildman–Crippen LogP) is 4.07. The van der Waals surface area contributed by atoms with E-state index in [-0.39, 0.29) is 38.3 Å². The third-order valence-corrected chi connectivity index (χ3v) is 7.91. The number of aromatic nitrogens is 2. The summed E-state index contributed by atoms with van der Waals surface area (Å²) >= 11 is 0. The first-order valence-electron chi connectivity index (χ1n) is 16.6. The Morgan fingerprint density at radius 3 is 2.17 bits per heavy atom. The number of nitrogens with zero attached hydrogens (tertiary/aromatic N) is 2. The quantitative estimate of drug-likeness (QED) is 0.128. The predicted molar refractivity (Wildman–Crippen MR) is 182 cm³/mol. The van der Waals surface area contributed by atoms with Crippen molar-refractivity contribution >= 4 is 23.8 Å². The van der Waals surface area contributed by atoms with Crippen LogP contribution >= 0.6 is 0 Å². The average molecular weight is 663 g/mol. The number of amides is 4. The maximum absolute atomic E-state index is 14.1. The van der Waals surface area contributed by atoms with Crippen molar-refractivity contribution in [2.24, 2.45) is 11.8 Å². The van der Waals surface area contributed by atoms with Gasteiger partial charge in [-0.15, -0.1) is 0 Å². The molecule has 0 bridgehead atoms. The summed E-state index contributed by atoms with van der Waals surface area (Å²) in [6, 6.07) is 16.1. The summed E-state index contributed by atoms with van der Waals surface area (Å²) in [5, 5.41) is 17.1. The van der Waals surface area contributed by atoms with Crippen molar-refractivity contribution in [1.82, 2.24) is 31.0 Å². The van der Waals surface area contributed by atoms with E-state index in [0.717, 1.165) is 24.0 Å². The van der Waals surface area contributed by atoms with Crippen molar-refractivity contribution in [2.45, 2.75) is 91.0 Å². The molecule has 48 heavy (non-hydrogen) atoms. The number of ether oxygens (including phenoxy) is 1. The zero-order chi connectivity index (χ0) is 34.9. The van der Waals surface area contributed by atoms with E-state index < -0.39 is 42.0 Å². The Labute approximate surface area is 283 Å². The molecule has 0 saturated carbocycles. The molecule has 1 heterocycles. The Morgan fingerprint density at radius 1 is 0.896 bits per heavy atom. The van der Waals surface area contributed by atoms with Gasteiger partial charge in [0.05, 0.1) is 18.9 Å². The number of imidazole rings is 1. The van der Waals surface area contributed by atoms with Crippen LogP contribution in [0.3, 0.4) is 0 Å². The minimum atomic E-state index is -1.13. The van der Waals surface area contributed by atoms with Crippen LogP contribution in [0.1, 0.15) is 70.2 Å². The van der Waals surface area contributed by atoms with Gasteiger partial charge in [-0.05, 0) is 35.8 Å². The highest BCUT2D eigenvalue weighted by Crippen LogP contribution is 2.12. The minimum absolute atomic E-state index is 0.0176. The molecule has 0 aliphatic rings. The lowest BCUT2D eigenvalue weighted by molar-refractivity contribution is -0.145. The fourth-order valence-corrected chi connectivity index (χ4v) is 4.91. The molecular formula is C36H50N6O6. The van der Waals surface area contributed by atoms with E-state index in [0.29, 0.717) is 18.0 Å². The zero-order valence-corrected chi connectivity index (χ0v) is 28.4. The highest BCUT2D eigenvalue weighted by Gasteiger charge is 2.32. The molecule has 0 aliphatic carbocycles. The second kappa shape index (κ2) is 19.8. The van der Waals surface area contributed by atoms with Crippen LogP contribution in [0.4, 0.5) is 4.79 Å². The Balaban J connectivity index is 1.81. The Hall–Kier alpha value is -4.71.